The summed E-state index contributed by atoms with van der Waals surface area (Å²) in [5, 5.41) is 2.81. The number of carbonyl (C=O) groups excluding carboxylic acids is 1. The molecule has 0 saturated carbocycles. The van der Waals surface area contributed by atoms with Crippen LogP contribution < -0.4 is 15.8 Å². The van der Waals surface area contributed by atoms with Crippen molar-refractivity contribution in [2.24, 2.45) is 0 Å². The Kier molecular flexibility index (Phi) is 3.89. The van der Waals surface area contributed by atoms with Gasteiger partial charge in [0.25, 0.3) is 5.91 Å². The Balaban J connectivity index is 2.28. The highest BCUT2D eigenvalue weighted by atomic mass is 16.5. The normalized spacial score (nSPS) is 10.2. The molecule has 0 bridgehead atoms. The molecule has 5 heteroatoms. The molecule has 1 aromatic heterocycles. The number of ether oxygens (including phenoxy) is 1. The number of para-hydroxylation sites is 1. The largest absolute Gasteiger partial charge is 0.495 e. The van der Waals surface area contributed by atoms with Crippen molar-refractivity contribution in [2.75, 3.05) is 18.2 Å². The smallest absolute Gasteiger partial charge is 0.257 e. The number of nitrogen functional groups attached to an aromatic ring is 1. The van der Waals surface area contributed by atoms with Gasteiger partial charge in [-0.15, -0.1) is 0 Å². The third kappa shape index (κ3) is 2.71. The Labute approximate surface area is 117 Å². The number of nitrogens with two attached hydrogens (primary N) is 1. The maximum absolute atomic E-state index is 12.3. The molecule has 0 radical (unpaired) electrons. The standard InChI is InChI=1S/C15H17N3O2/c1-9-7-8-12(10(2)17-9)18-15(19)11-5-4-6-13(20-3)14(11)16/h4-8H,16H2,1-3H3,(H,18,19). The van der Waals surface area contributed by atoms with Crippen molar-refractivity contribution in [3.05, 3.63) is 47.3 Å². The lowest BCUT2D eigenvalue weighted by molar-refractivity contribution is 0.102. The number of nitrogens with zero attached hydrogens (tertiary/aromatic N) is 1. The summed E-state index contributed by atoms with van der Waals surface area (Å²) >= 11 is 0. The summed E-state index contributed by atoms with van der Waals surface area (Å²) in [7, 11) is 1.52. The molecule has 20 heavy (non-hydrogen) atoms. The van der Waals surface area contributed by atoms with Crippen LogP contribution in [0.3, 0.4) is 0 Å². The third-order valence-electron chi connectivity index (χ3n) is 3.00. The first-order valence-electron chi connectivity index (χ1n) is 6.21. The van der Waals surface area contributed by atoms with E-state index in [0.29, 0.717) is 22.7 Å². The highest BCUT2D eigenvalue weighted by Crippen LogP contribution is 2.25. The van der Waals surface area contributed by atoms with Crippen molar-refractivity contribution < 1.29 is 9.53 Å². The molecule has 2 aromatic rings. The van der Waals surface area contributed by atoms with Crippen LogP contribution >= 0.6 is 0 Å². The molecule has 0 aliphatic heterocycles. The zero-order valence-corrected chi connectivity index (χ0v) is 11.7. The molecule has 0 atom stereocenters. The minimum absolute atomic E-state index is 0.282. The van der Waals surface area contributed by atoms with Crippen molar-refractivity contribution in [2.45, 2.75) is 13.8 Å². The van der Waals surface area contributed by atoms with Crippen LogP contribution in [0.2, 0.25) is 0 Å². The summed E-state index contributed by atoms with van der Waals surface area (Å²) in [5.74, 6) is 0.201. The highest BCUT2D eigenvalue weighted by molar-refractivity contribution is 6.08. The quantitative estimate of drug-likeness (QED) is 0.841. The first kappa shape index (κ1) is 13.9. The van der Waals surface area contributed by atoms with Gasteiger partial charge >= 0.3 is 0 Å². The summed E-state index contributed by atoms with van der Waals surface area (Å²) in [5.41, 5.74) is 8.95. The number of benzene rings is 1. The Morgan fingerprint density at radius 2 is 2.00 bits per heavy atom. The van der Waals surface area contributed by atoms with Crippen LogP contribution in [0.5, 0.6) is 5.75 Å². The zero-order valence-electron chi connectivity index (χ0n) is 11.7. The van der Waals surface area contributed by atoms with E-state index >= 15 is 0 Å². The van der Waals surface area contributed by atoms with Crippen LogP contribution in [-0.4, -0.2) is 18.0 Å². The predicted octanol–water partition coefficient (Wildman–Crippen LogP) is 2.54. The number of aromatic nitrogens is 1. The van der Waals surface area contributed by atoms with Crippen molar-refractivity contribution in [1.29, 1.82) is 0 Å². The van der Waals surface area contributed by atoms with Gasteiger partial charge in [-0.1, -0.05) is 6.07 Å². The Hall–Kier alpha value is -2.56. The van der Waals surface area contributed by atoms with Crippen LogP contribution in [0.15, 0.2) is 30.3 Å². The molecule has 1 aromatic carbocycles. The van der Waals surface area contributed by atoms with Crippen molar-refractivity contribution in [1.82, 2.24) is 4.98 Å². The molecule has 0 aliphatic rings. The molecular weight excluding hydrogens is 254 g/mol. The lowest BCUT2D eigenvalue weighted by atomic mass is 10.1. The summed E-state index contributed by atoms with van der Waals surface area (Å²) in [4.78, 5) is 16.6. The Morgan fingerprint density at radius 3 is 2.65 bits per heavy atom. The number of methoxy groups -OCH3 is 1. The van der Waals surface area contributed by atoms with Gasteiger partial charge in [-0.3, -0.25) is 9.78 Å². The average Bonchev–Trinajstić information content (AvgIpc) is 2.42. The lowest BCUT2D eigenvalue weighted by Crippen LogP contribution is -2.15. The number of hydrogen-bond acceptors (Lipinski definition) is 4. The number of carbonyl (C=O) groups is 1. The molecule has 2 rings (SSSR count). The predicted molar refractivity (Wildman–Crippen MR) is 79.1 cm³/mol. The van der Waals surface area contributed by atoms with Gasteiger partial charge in [0, 0.05) is 5.69 Å². The molecule has 0 spiro atoms. The third-order valence-corrected chi connectivity index (χ3v) is 3.00. The van der Waals surface area contributed by atoms with Crippen LogP contribution in [-0.2, 0) is 0 Å². The molecule has 1 heterocycles. The fourth-order valence-corrected chi connectivity index (χ4v) is 1.93. The van der Waals surface area contributed by atoms with Gasteiger partial charge < -0.3 is 15.8 Å². The first-order valence-corrected chi connectivity index (χ1v) is 6.21. The van der Waals surface area contributed by atoms with Gasteiger partial charge in [-0.2, -0.15) is 0 Å². The topological polar surface area (TPSA) is 77.2 Å². The van der Waals surface area contributed by atoms with E-state index in [4.69, 9.17) is 10.5 Å². The molecule has 0 aliphatic carbocycles. The number of nitrogens with one attached hydrogen (secondary N) is 1. The second-order valence-corrected chi connectivity index (χ2v) is 4.46. The van der Waals surface area contributed by atoms with Crippen molar-refractivity contribution >= 4 is 17.3 Å². The van der Waals surface area contributed by atoms with E-state index in [2.05, 4.69) is 10.3 Å². The van der Waals surface area contributed by atoms with Crippen LogP contribution in [0.1, 0.15) is 21.7 Å². The second-order valence-electron chi connectivity index (χ2n) is 4.46. The van der Waals surface area contributed by atoms with E-state index in [1.54, 1.807) is 18.2 Å². The lowest BCUT2D eigenvalue weighted by Gasteiger charge is -2.11. The van der Waals surface area contributed by atoms with E-state index in [1.807, 2.05) is 26.0 Å². The highest BCUT2D eigenvalue weighted by Gasteiger charge is 2.14. The van der Waals surface area contributed by atoms with Gasteiger partial charge in [-0.25, -0.2) is 0 Å². The van der Waals surface area contributed by atoms with Gasteiger partial charge in [0.1, 0.15) is 5.75 Å². The maximum Gasteiger partial charge on any atom is 0.257 e. The first-order chi connectivity index (χ1) is 9.52. The number of hydrogen-bond donors (Lipinski definition) is 2. The van der Waals surface area contributed by atoms with E-state index in [0.717, 1.165) is 11.4 Å². The van der Waals surface area contributed by atoms with Crippen molar-refractivity contribution in [3.8, 4) is 5.75 Å². The van der Waals surface area contributed by atoms with Gasteiger partial charge in [0.2, 0.25) is 0 Å². The maximum atomic E-state index is 12.3. The molecular formula is C15H17N3O2. The summed E-state index contributed by atoms with van der Waals surface area (Å²) in [6.45, 7) is 3.75. The zero-order chi connectivity index (χ0) is 14.7. The molecule has 3 N–H and O–H groups in total. The number of rotatable bonds is 3. The number of pyridine rings is 1. The van der Waals surface area contributed by atoms with Crippen molar-refractivity contribution in [3.63, 3.8) is 0 Å². The van der Waals surface area contributed by atoms with Crippen LogP contribution in [0, 0.1) is 13.8 Å². The Bertz CT molecular complexity index is 654. The average molecular weight is 271 g/mol. The van der Waals surface area contributed by atoms with E-state index in [1.165, 1.54) is 7.11 Å². The van der Waals surface area contributed by atoms with Gasteiger partial charge in [-0.05, 0) is 38.1 Å². The minimum atomic E-state index is -0.282. The molecule has 0 fully saturated rings. The monoisotopic (exact) mass is 271 g/mol. The number of aryl methyl sites for hydroxylation is 2. The van der Waals surface area contributed by atoms with E-state index < -0.39 is 0 Å². The summed E-state index contributed by atoms with van der Waals surface area (Å²) in [6, 6.07) is 8.77. The molecule has 5 nitrogen and oxygen atoms in total. The van der Waals surface area contributed by atoms with Crippen LogP contribution in [0.25, 0.3) is 0 Å². The van der Waals surface area contributed by atoms with E-state index in [9.17, 15) is 4.79 Å². The molecule has 1 amide bonds. The minimum Gasteiger partial charge on any atom is -0.495 e. The second kappa shape index (κ2) is 5.61. The summed E-state index contributed by atoms with van der Waals surface area (Å²) in [6.07, 6.45) is 0. The fraction of sp³-hybridized carbons (Fsp3) is 0.200. The molecule has 0 saturated heterocycles. The van der Waals surface area contributed by atoms with Gasteiger partial charge in [0.05, 0.1) is 29.7 Å². The SMILES string of the molecule is COc1cccc(C(=O)Nc2ccc(C)nc2C)c1N. The molecule has 104 valence electrons. The number of amides is 1. The number of anilines is 2. The van der Waals surface area contributed by atoms with Gasteiger partial charge in [0.15, 0.2) is 0 Å². The fourth-order valence-electron chi connectivity index (χ4n) is 1.93. The molecule has 0 unspecified atom stereocenters. The van der Waals surface area contributed by atoms with Crippen LogP contribution in [0.4, 0.5) is 11.4 Å². The van der Waals surface area contributed by atoms with E-state index in [-0.39, 0.29) is 5.91 Å². The Morgan fingerprint density at radius 1 is 1.25 bits per heavy atom. The summed E-state index contributed by atoms with van der Waals surface area (Å²) < 4.78 is 5.11.